The maximum atomic E-state index is 12.2. The van der Waals surface area contributed by atoms with Gasteiger partial charge < -0.3 is 15.0 Å². The number of hydrogen-bond donors (Lipinski definition) is 1. The van der Waals surface area contributed by atoms with Crippen molar-refractivity contribution in [3.8, 4) is 5.69 Å². The molecule has 0 saturated carbocycles. The van der Waals surface area contributed by atoms with E-state index in [4.69, 9.17) is 4.74 Å². The maximum Gasteiger partial charge on any atom is 0.232 e. The summed E-state index contributed by atoms with van der Waals surface area (Å²) in [4.78, 5) is 14.5. The molecule has 1 atom stereocenters. The van der Waals surface area contributed by atoms with Crippen LogP contribution in [0.25, 0.3) is 5.69 Å². The number of hydrogen-bond acceptors (Lipinski definition) is 6. The topological polar surface area (TPSA) is 72.3 Å². The summed E-state index contributed by atoms with van der Waals surface area (Å²) in [6, 6.07) is 8.29. The third-order valence-corrected chi connectivity index (χ3v) is 5.38. The summed E-state index contributed by atoms with van der Waals surface area (Å²) in [5.41, 5.74) is 2.22. The second-order valence-electron chi connectivity index (χ2n) is 6.86. The number of nitrogens with zero attached hydrogens (tertiary/aromatic N) is 4. The second kappa shape index (κ2) is 9.23. The minimum absolute atomic E-state index is 0.0155. The fourth-order valence-corrected chi connectivity index (χ4v) is 3.89. The highest BCUT2D eigenvalue weighted by molar-refractivity contribution is 7.99. The average Bonchev–Trinajstić information content (AvgIpc) is 3.30. The zero-order valence-electron chi connectivity index (χ0n) is 16.1. The molecule has 0 bridgehead atoms. The number of thioether (sulfide) groups is 1. The molecular weight excluding hydrogens is 362 g/mol. The highest BCUT2D eigenvalue weighted by atomic mass is 32.2. The fraction of sp³-hybridized carbons (Fsp3) is 0.526. The first-order valence-electron chi connectivity index (χ1n) is 9.27. The molecule has 0 spiro atoms. The SMILES string of the molecule is COCC(C)NC(=O)CSc1nnc(N2CCCC2)n1-c1ccc(C)cc1. The first-order valence-corrected chi connectivity index (χ1v) is 10.3. The molecule has 1 aromatic carbocycles. The highest BCUT2D eigenvalue weighted by Gasteiger charge is 2.23. The zero-order valence-corrected chi connectivity index (χ0v) is 17.0. The van der Waals surface area contributed by atoms with E-state index in [1.54, 1.807) is 7.11 Å². The first kappa shape index (κ1) is 19.7. The van der Waals surface area contributed by atoms with Crippen LogP contribution in [-0.4, -0.2) is 59.3 Å². The summed E-state index contributed by atoms with van der Waals surface area (Å²) in [6.45, 7) is 6.47. The predicted molar refractivity (Wildman–Crippen MR) is 108 cm³/mol. The molecule has 2 aromatic rings. The van der Waals surface area contributed by atoms with Gasteiger partial charge in [0, 0.05) is 26.2 Å². The van der Waals surface area contributed by atoms with Gasteiger partial charge in [-0.15, -0.1) is 10.2 Å². The third-order valence-electron chi connectivity index (χ3n) is 4.45. The van der Waals surface area contributed by atoms with Crippen LogP contribution in [0.2, 0.25) is 0 Å². The Bertz CT molecular complexity index is 756. The smallest absolute Gasteiger partial charge is 0.232 e. The van der Waals surface area contributed by atoms with Gasteiger partial charge in [-0.25, -0.2) is 0 Å². The van der Waals surface area contributed by atoms with Crippen LogP contribution in [0.15, 0.2) is 29.4 Å². The molecule has 3 rings (SSSR count). The van der Waals surface area contributed by atoms with E-state index in [0.717, 1.165) is 29.9 Å². The summed E-state index contributed by atoms with van der Waals surface area (Å²) < 4.78 is 7.12. The molecule has 2 heterocycles. The van der Waals surface area contributed by atoms with Gasteiger partial charge in [0.05, 0.1) is 18.0 Å². The number of carbonyl (C=O) groups is 1. The van der Waals surface area contributed by atoms with E-state index >= 15 is 0 Å². The highest BCUT2D eigenvalue weighted by Crippen LogP contribution is 2.28. The van der Waals surface area contributed by atoms with Crippen LogP contribution in [0, 0.1) is 6.92 Å². The number of carbonyl (C=O) groups excluding carboxylic acids is 1. The van der Waals surface area contributed by atoms with Crippen LogP contribution in [-0.2, 0) is 9.53 Å². The van der Waals surface area contributed by atoms with E-state index < -0.39 is 0 Å². The standard InChI is InChI=1S/C19H27N5O2S/c1-14-6-8-16(9-7-14)24-18(23-10-4-5-11-23)21-22-19(24)27-13-17(25)20-15(2)12-26-3/h6-9,15H,4-5,10-13H2,1-3H3,(H,20,25). The van der Waals surface area contributed by atoms with Crippen molar-refractivity contribution >= 4 is 23.6 Å². The number of aromatic nitrogens is 3. The lowest BCUT2D eigenvalue weighted by atomic mass is 10.2. The maximum absolute atomic E-state index is 12.2. The minimum atomic E-state index is -0.0364. The van der Waals surface area contributed by atoms with Crippen LogP contribution in [0.5, 0.6) is 0 Å². The summed E-state index contributed by atoms with van der Waals surface area (Å²) in [5, 5.41) is 12.5. The summed E-state index contributed by atoms with van der Waals surface area (Å²) in [5.74, 6) is 1.11. The van der Waals surface area contributed by atoms with Crippen molar-refractivity contribution in [2.75, 3.05) is 37.5 Å². The zero-order chi connectivity index (χ0) is 19.2. The molecule has 27 heavy (non-hydrogen) atoms. The lowest BCUT2D eigenvalue weighted by Gasteiger charge is -2.18. The summed E-state index contributed by atoms with van der Waals surface area (Å²) >= 11 is 1.40. The number of benzene rings is 1. The number of nitrogens with one attached hydrogen (secondary N) is 1. The molecule has 1 saturated heterocycles. The van der Waals surface area contributed by atoms with Gasteiger partial charge in [0.25, 0.3) is 0 Å². The largest absolute Gasteiger partial charge is 0.383 e. The van der Waals surface area contributed by atoms with Crippen LogP contribution in [0.1, 0.15) is 25.3 Å². The van der Waals surface area contributed by atoms with Gasteiger partial charge in [0.1, 0.15) is 0 Å². The van der Waals surface area contributed by atoms with Gasteiger partial charge in [-0.3, -0.25) is 9.36 Å². The van der Waals surface area contributed by atoms with Crippen molar-refractivity contribution in [2.24, 2.45) is 0 Å². The fourth-order valence-electron chi connectivity index (χ4n) is 3.14. The first-order chi connectivity index (χ1) is 13.1. The molecule has 1 N–H and O–H groups in total. The molecule has 7 nitrogen and oxygen atoms in total. The van der Waals surface area contributed by atoms with Crippen molar-refractivity contribution in [3.05, 3.63) is 29.8 Å². The number of anilines is 1. The Morgan fingerprint density at radius 1 is 1.26 bits per heavy atom. The normalized spacial score (nSPS) is 15.1. The van der Waals surface area contributed by atoms with Gasteiger partial charge in [0.2, 0.25) is 11.9 Å². The van der Waals surface area contributed by atoms with E-state index in [9.17, 15) is 4.79 Å². The Morgan fingerprint density at radius 3 is 2.63 bits per heavy atom. The van der Waals surface area contributed by atoms with Crippen molar-refractivity contribution < 1.29 is 9.53 Å². The van der Waals surface area contributed by atoms with Crippen molar-refractivity contribution in [3.63, 3.8) is 0 Å². The van der Waals surface area contributed by atoms with Crippen LogP contribution in [0.4, 0.5) is 5.95 Å². The van der Waals surface area contributed by atoms with Gasteiger partial charge >= 0.3 is 0 Å². The number of ether oxygens (including phenoxy) is 1. The molecular formula is C19H27N5O2S. The quantitative estimate of drug-likeness (QED) is 0.699. The van der Waals surface area contributed by atoms with Gasteiger partial charge in [-0.1, -0.05) is 29.5 Å². The Hall–Kier alpha value is -2.06. The van der Waals surface area contributed by atoms with E-state index in [2.05, 4.69) is 56.2 Å². The molecule has 1 amide bonds. The Labute approximate surface area is 164 Å². The Kier molecular flexibility index (Phi) is 6.73. The Morgan fingerprint density at radius 2 is 1.96 bits per heavy atom. The monoisotopic (exact) mass is 389 g/mol. The lowest BCUT2D eigenvalue weighted by molar-refractivity contribution is -0.119. The Balaban J connectivity index is 1.78. The number of aryl methyl sites for hydroxylation is 1. The van der Waals surface area contributed by atoms with Crippen molar-refractivity contribution in [1.29, 1.82) is 0 Å². The van der Waals surface area contributed by atoms with Crippen molar-refractivity contribution in [2.45, 2.75) is 37.9 Å². The molecule has 1 unspecified atom stereocenters. The molecule has 1 fully saturated rings. The summed E-state index contributed by atoms with van der Waals surface area (Å²) in [6.07, 6.45) is 2.34. The van der Waals surface area contributed by atoms with Crippen LogP contribution in [0.3, 0.4) is 0 Å². The molecule has 0 aliphatic carbocycles. The molecule has 1 aromatic heterocycles. The van der Waals surface area contributed by atoms with Gasteiger partial charge in [0.15, 0.2) is 5.16 Å². The average molecular weight is 390 g/mol. The second-order valence-corrected chi connectivity index (χ2v) is 7.80. The van der Waals surface area contributed by atoms with Gasteiger partial charge in [-0.05, 0) is 38.8 Å². The predicted octanol–water partition coefficient (Wildman–Crippen LogP) is 2.42. The number of rotatable bonds is 8. The van der Waals surface area contributed by atoms with Crippen LogP contribution >= 0.6 is 11.8 Å². The molecule has 0 radical (unpaired) electrons. The molecule has 1 aliphatic heterocycles. The number of methoxy groups -OCH3 is 1. The van der Waals surface area contributed by atoms with E-state index in [1.807, 2.05) is 6.92 Å². The van der Waals surface area contributed by atoms with Crippen molar-refractivity contribution in [1.82, 2.24) is 20.1 Å². The number of amides is 1. The molecule has 1 aliphatic rings. The van der Waals surface area contributed by atoms with E-state index in [0.29, 0.717) is 6.61 Å². The third kappa shape index (κ3) is 5.01. The van der Waals surface area contributed by atoms with E-state index in [-0.39, 0.29) is 17.7 Å². The van der Waals surface area contributed by atoms with Crippen LogP contribution < -0.4 is 10.2 Å². The minimum Gasteiger partial charge on any atom is -0.383 e. The van der Waals surface area contributed by atoms with E-state index in [1.165, 1.54) is 30.2 Å². The molecule has 146 valence electrons. The van der Waals surface area contributed by atoms with Gasteiger partial charge in [-0.2, -0.15) is 0 Å². The molecule has 8 heteroatoms. The summed E-state index contributed by atoms with van der Waals surface area (Å²) in [7, 11) is 1.63. The lowest BCUT2D eigenvalue weighted by Crippen LogP contribution is -2.36.